The average molecular weight is 279 g/mol. The summed E-state index contributed by atoms with van der Waals surface area (Å²) in [6.07, 6.45) is 1.23. The Labute approximate surface area is 113 Å². The molecule has 1 aromatic heterocycles. The van der Waals surface area contributed by atoms with Crippen LogP contribution in [0, 0.1) is 6.92 Å². The molecule has 0 spiro atoms. The van der Waals surface area contributed by atoms with Gasteiger partial charge >= 0.3 is 0 Å². The molecule has 0 amide bonds. The first-order chi connectivity index (χ1) is 8.85. The number of fused-ring (bicyclic) bond motifs is 1. The number of nitrogens with zero attached hydrogens (tertiary/aromatic N) is 2. The zero-order valence-corrected chi connectivity index (χ0v) is 12.0. The Morgan fingerprint density at radius 3 is 2.37 bits per heavy atom. The molecule has 0 aliphatic heterocycles. The molecular weight excluding hydrogens is 262 g/mol. The second-order valence-electron chi connectivity index (χ2n) is 4.78. The normalized spacial score (nSPS) is 13.4. The van der Waals surface area contributed by atoms with Crippen molar-refractivity contribution in [1.82, 2.24) is 9.97 Å². The topological polar surface area (TPSA) is 72.0 Å². The molecule has 2 aromatic rings. The van der Waals surface area contributed by atoms with Gasteiger partial charge in [0.05, 0.1) is 22.5 Å². The summed E-state index contributed by atoms with van der Waals surface area (Å²) >= 11 is 0. The van der Waals surface area contributed by atoms with Crippen LogP contribution in [0.1, 0.15) is 12.6 Å². The highest BCUT2D eigenvalue weighted by atomic mass is 32.2. The third-order valence-electron chi connectivity index (χ3n) is 2.68. The lowest BCUT2D eigenvalue weighted by Crippen LogP contribution is -2.26. The van der Waals surface area contributed by atoms with Crippen molar-refractivity contribution in [2.75, 3.05) is 17.3 Å². The molecule has 5 nitrogen and oxygen atoms in total. The fourth-order valence-electron chi connectivity index (χ4n) is 1.95. The molecule has 0 fully saturated rings. The molecule has 0 saturated heterocycles. The number of rotatable bonds is 4. The van der Waals surface area contributed by atoms with E-state index in [-0.39, 0.29) is 11.8 Å². The van der Waals surface area contributed by atoms with Crippen molar-refractivity contribution in [1.29, 1.82) is 0 Å². The van der Waals surface area contributed by atoms with E-state index in [0.29, 0.717) is 5.82 Å². The van der Waals surface area contributed by atoms with Gasteiger partial charge in [0.1, 0.15) is 15.7 Å². The van der Waals surface area contributed by atoms with Crippen LogP contribution in [0.4, 0.5) is 5.82 Å². The van der Waals surface area contributed by atoms with Crippen LogP contribution in [-0.2, 0) is 9.84 Å². The minimum absolute atomic E-state index is 0.0704. The highest BCUT2D eigenvalue weighted by molar-refractivity contribution is 7.90. The van der Waals surface area contributed by atoms with Crippen molar-refractivity contribution in [2.45, 2.75) is 19.9 Å². The maximum absolute atomic E-state index is 11.3. The number of benzene rings is 1. The molecule has 1 aromatic carbocycles. The Hall–Kier alpha value is -1.69. The number of hydrogen-bond acceptors (Lipinski definition) is 5. The summed E-state index contributed by atoms with van der Waals surface area (Å²) in [5, 5.41) is 3.11. The smallest absolute Gasteiger partial charge is 0.149 e. The van der Waals surface area contributed by atoms with Gasteiger partial charge in [-0.3, -0.25) is 0 Å². The predicted molar refractivity (Wildman–Crippen MR) is 77.1 cm³/mol. The fraction of sp³-hybridized carbons (Fsp3) is 0.385. The van der Waals surface area contributed by atoms with Crippen LogP contribution >= 0.6 is 0 Å². The van der Waals surface area contributed by atoms with Crippen molar-refractivity contribution < 1.29 is 8.42 Å². The molecule has 19 heavy (non-hydrogen) atoms. The molecule has 1 heterocycles. The van der Waals surface area contributed by atoms with E-state index in [1.54, 1.807) is 0 Å². The minimum Gasteiger partial charge on any atom is -0.365 e. The summed E-state index contributed by atoms with van der Waals surface area (Å²) < 4.78 is 22.5. The number of aryl methyl sites for hydroxylation is 1. The van der Waals surface area contributed by atoms with E-state index >= 15 is 0 Å². The molecule has 0 aliphatic rings. The Balaban J connectivity index is 2.27. The summed E-state index contributed by atoms with van der Waals surface area (Å²) in [6, 6.07) is 7.39. The molecule has 6 heteroatoms. The second kappa shape index (κ2) is 5.13. The highest BCUT2D eigenvalue weighted by Crippen LogP contribution is 2.16. The zero-order chi connectivity index (χ0) is 14.0. The first-order valence-corrected chi connectivity index (χ1v) is 8.09. The van der Waals surface area contributed by atoms with E-state index in [2.05, 4.69) is 15.3 Å². The molecule has 0 aliphatic carbocycles. The number of sulfone groups is 1. The Bertz CT molecular complexity index is 698. The van der Waals surface area contributed by atoms with Gasteiger partial charge in [-0.1, -0.05) is 12.1 Å². The average Bonchev–Trinajstić information content (AvgIpc) is 2.27. The van der Waals surface area contributed by atoms with E-state index in [1.165, 1.54) is 6.26 Å². The number of hydrogen-bond donors (Lipinski definition) is 1. The molecule has 1 unspecified atom stereocenters. The standard InChI is InChI=1S/C13H17N3O2S/c1-9(8-19(3,17)18)14-13-10(2)15-11-6-4-5-7-12(11)16-13/h4-7,9H,8H2,1-3H3,(H,14,16). The molecule has 0 bridgehead atoms. The molecule has 0 radical (unpaired) electrons. The van der Waals surface area contributed by atoms with Gasteiger partial charge in [-0.05, 0) is 26.0 Å². The summed E-state index contributed by atoms with van der Waals surface area (Å²) in [4.78, 5) is 8.93. The van der Waals surface area contributed by atoms with Gasteiger partial charge in [0.25, 0.3) is 0 Å². The fourth-order valence-corrected chi connectivity index (χ4v) is 2.95. The molecule has 102 valence electrons. The van der Waals surface area contributed by atoms with Crippen LogP contribution in [0.3, 0.4) is 0 Å². The van der Waals surface area contributed by atoms with E-state index in [0.717, 1.165) is 16.7 Å². The quantitative estimate of drug-likeness (QED) is 0.923. The summed E-state index contributed by atoms with van der Waals surface area (Å²) in [5.41, 5.74) is 2.39. The number of para-hydroxylation sites is 2. The predicted octanol–water partition coefficient (Wildman–Crippen LogP) is 1.78. The lowest BCUT2D eigenvalue weighted by molar-refractivity contribution is 0.598. The van der Waals surface area contributed by atoms with Gasteiger partial charge in [-0.15, -0.1) is 0 Å². The van der Waals surface area contributed by atoms with Crippen LogP contribution in [0.15, 0.2) is 24.3 Å². The van der Waals surface area contributed by atoms with Crippen molar-refractivity contribution in [3.05, 3.63) is 30.0 Å². The number of anilines is 1. The maximum atomic E-state index is 11.3. The monoisotopic (exact) mass is 279 g/mol. The highest BCUT2D eigenvalue weighted by Gasteiger charge is 2.13. The largest absolute Gasteiger partial charge is 0.365 e. The molecule has 1 atom stereocenters. The first kappa shape index (κ1) is 13.7. The Kier molecular flexibility index (Phi) is 3.71. The third-order valence-corrected chi connectivity index (χ3v) is 3.79. The number of aromatic nitrogens is 2. The zero-order valence-electron chi connectivity index (χ0n) is 11.2. The van der Waals surface area contributed by atoms with E-state index < -0.39 is 9.84 Å². The van der Waals surface area contributed by atoms with Crippen molar-refractivity contribution >= 4 is 26.7 Å². The van der Waals surface area contributed by atoms with E-state index in [9.17, 15) is 8.42 Å². The molecule has 2 rings (SSSR count). The van der Waals surface area contributed by atoms with Crippen molar-refractivity contribution in [2.24, 2.45) is 0 Å². The van der Waals surface area contributed by atoms with Crippen LogP contribution in [-0.4, -0.2) is 36.4 Å². The molecule has 0 saturated carbocycles. The third kappa shape index (κ3) is 3.64. The van der Waals surface area contributed by atoms with Gasteiger partial charge in [0.15, 0.2) is 0 Å². The van der Waals surface area contributed by atoms with Crippen LogP contribution < -0.4 is 5.32 Å². The van der Waals surface area contributed by atoms with Gasteiger partial charge in [-0.2, -0.15) is 0 Å². The van der Waals surface area contributed by atoms with Gasteiger partial charge in [0, 0.05) is 12.3 Å². The van der Waals surface area contributed by atoms with Crippen LogP contribution in [0.5, 0.6) is 0 Å². The Morgan fingerprint density at radius 1 is 1.21 bits per heavy atom. The van der Waals surface area contributed by atoms with Crippen LogP contribution in [0.25, 0.3) is 11.0 Å². The number of nitrogens with one attached hydrogen (secondary N) is 1. The van der Waals surface area contributed by atoms with Gasteiger partial charge < -0.3 is 5.32 Å². The molecular formula is C13H17N3O2S. The summed E-state index contributed by atoms with van der Waals surface area (Å²) in [6.45, 7) is 3.67. The first-order valence-electron chi connectivity index (χ1n) is 6.03. The van der Waals surface area contributed by atoms with Gasteiger partial charge in [-0.25, -0.2) is 18.4 Å². The molecule has 1 N–H and O–H groups in total. The minimum atomic E-state index is -3.01. The van der Waals surface area contributed by atoms with Gasteiger partial charge in [0.2, 0.25) is 0 Å². The lowest BCUT2D eigenvalue weighted by Gasteiger charge is -2.15. The lowest BCUT2D eigenvalue weighted by atomic mass is 10.3. The van der Waals surface area contributed by atoms with Crippen LogP contribution in [0.2, 0.25) is 0 Å². The van der Waals surface area contributed by atoms with Crippen molar-refractivity contribution in [3.8, 4) is 0 Å². The van der Waals surface area contributed by atoms with Crippen molar-refractivity contribution in [3.63, 3.8) is 0 Å². The summed E-state index contributed by atoms with van der Waals surface area (Å²) in [7, 11) is -3.01. The summed E-state index contributed by atoms with van der Waals surface area (Å²) in [5.74, 6) is 0.705. The van der Waals surface area contributed by atoms with E-state index in [4.69, 9.17) is 0 Å². The van der Waals surface area contributed by atoms with E-state index in [1.807, 2.05) is 38.1 Å². The Morgan fingerprint density at radius 2 is 1.79 bits per heavy atom. The second-order valence-corrected chi connectivity index (χ2v) is 6.97. The SMILES string of the molecule is Cc1nc2ccccc2nc1NC(C)CS(C)(=O)=O. The maximum Gasteiger partial charge on any atom is 0.149 e.